The Morgan fingerprint density at radius 1 is 0.242 bits per heavy atom. The fourth-order valence-corrected chi connectivity index (χ4v) is 10.8. The fourth-order valence-electron chi connectivity index (χ4n) is 6.74. The number of rotatable bonds is 0. The molecule has 0 aliphatic carbocycles. The van der Waals surface area contributed by atoms with Gasteiger partial charge in [0.2, 0.25) is 0 Å². The van der Waals surface area contributed by atoms with Crippen LogP contribution >= 0.6 is 167 Å². The fraction of sp³-hybridized carbons (Fsp3) is 0.143. The second kappa shape index (κ2) is 49.3. The molecule has 0 aliphatic rings. The third-order valence-corrected chi connectivity index (χ3v) is 18.9. The zero-order valence-corrected chi connectivity index (χ0v) is 70.7. The van der Waals surface area contributed by atoms with Gasteiger partial charge >= 0.3 is 0 Å². The number of halogens is 22. The summed E-state index contributed by atoms with van der Waals surface area (Å²) < 4.78 is 144. The SMILES string of the molecule is Cc1c(F)cccc1Br.Cc1cc(Br)ccc1F.Cc1cc(F)cc(Br)c1.Cc1cc(F)cc(Cl)c1.Cc1cc(F)ccc1Br.Cc1ccc(Br)cc1F.Cc1ccc(F)c(Br)c1.Cc1ccc(F)c(Cl)c1.Cc1ccc(F)cc1Br.Cc1cccc(Br)c1F.Cc1cccc(F)c1Br. The highest BCUT2D eigenvalue weighted by Crippen LogP contribution is 2.23. The second-order valence-electron chi connectivity index (χ2n) is 20.9. The van der Waals surface area contributed by atoms with Crippen LogP contribution in [-0.2, 0) is 0 Å². The van der Waals surface area contributed by atoms with E-state index < -0.39 is 0 Å². The number of hydrogen-bond donors (Lipinski definition) is 0. The Morgan fingerprint density at radius 2 is 0.737 bits per heavy atom. The number of hydrogen-bond acceptors (Lipinski definition) is 0. The predicted octanol–water partition coefficient (Wildman–Crippen LogP) is 31.6. The first kappa shape index (κ1) is 92.6. The molecule has 11 aromatic carbocycles. The van der Waals surface area contributed by atoms with Crippen LogP contribution in [-0.4, -0.2) is 0 Å². The van der Waals surface area contributed by atoms with Crippen molar-refractivity contribution in [1.29, 1.82) is 0 Å². The molecule has 0 atom stereocenters. The molecule has 0 radical (unpaired) electrons. The van der Waals surface area contributed by atoms with Crippen LogP contribution in [0.15, 0.2) is 240 Å². The van der Waals surface area contributed by atoms with Crippen LogP contribution in [0.3, 0.4) is 0 Å². The van der Waals surface area contributed by atoms with E-state index in [9.17, 15) is 48.3 Å². The normalized spacial score (nSPS) is 9.67. The van der Waals surface area contributed by atoms with E-state index in [0.29, 0.717) is 40.7 Å². The quantitative estimate of drug-likeness (QED) is 0.133. The maximum Gasteiger partial charge on any atom is 0.141 e. The smallest absolute Gasteiger partial charge is 0.141 e. The highest BCUT2D eigenvalue weighted by Gasteiger charge is 2.03. The van der Waals surface area contributed by atoms with Gasteiger partial charge < -0.3 is 0 Å². The predicted molar refractivity (Wildman–Crippen MR) is 422 cm³/mol. The summed E-state index contributed by atoms with van der Waals surface area (Å²) >= 11 is 39.4. The standard InChI is InChI=1S/9C7H6BrF.2C7H6ClF/c1-5-2-6(8)4-7(9)3-5;1-5-4-6(9)2-3-7(5)8;1-5-4-6(8)2-3-7(5)9;1-5-2-3-6(9)4-7(5)8;1-5-2-3-6(8)4-7(5)9;1-5-2-3-7(9)6(8)4-5;1-5-6(8)3-2-4-7(5)9;1-5-3-2-4-6(9)7(5)8;1-5-3-2-4-6(8)7(5)9;1-5-2-6(8)4-7(9)3-5;1-5-2-3-7(9)6(8)4-5/h11*2-4H,1H3. The molecule has 0 fully saturated rings. The van der Waals surface area contributed by atoms with Gasteiger partial charge in [-0.2, -0.15) is 0 Å². The minimum Gasteiger partial charge on any atom is -0.207 e. The van der Waals surface area contributed by atoms with Gasteiger partial charge in [0.15, 0.2) is 0 Å². The third kappa shape index (κ3) is 40.3. The van der Waals surface area contributed by atoms with Gasteiger partial charge in [0.1, 0.15) is 64.0 Å². The maximum atomic E-state index is 12.7. The molecule has 0 unspecified atom stereocenters. The molecule has 0 nitrogen and oxygen atoms in total. The van der Waals surface area contributed by atoms with Crippen molar-refractivity contribution in [1.82, 2.24) is 0 Å². The molecular formula is C77H66Br9Cl2F11. The zero-order chi connectivity index (χ0) is 75.4. The van der Waals surface area contributed by atoms with E-state index in [1.54, 1.807) is 120 Å². The molecule has 22 heteroatoms. The summed E-state index contributed by atoms with van der Waals surface area (Å²) in [6, 6.07) is 53.1. The van der Waals surface area contributed by atoms with Gasteiger partial charge in [-0.3, -0.25) is 0 Å². The Labute approximate surface area is 659 Å². The lowest BCUT2D eigenvalue weighted by Gasteiger charge is -1.95. The molecule has 0 amide bonds. The molecule has 0 spiro atoms. The minimum absolute atomic E-state index is 0.154. The van der Waals surface area contributed by atoms with Gasteiger partial charge in [-0.1, -0.05) is 173 Å². The van der Waals surface area contributed by atoms with Crippen molar-refractivity contribution in [2.75, 3.05) is 0 Å². The van der Waals surface area contributed by atoms with Crippen LogP contribution in [0, 0.1) is 140 Å². The molecule has 0 heterocycles. The first-order valence-corrected chi connectivity index (χ1v) is 36.7. The summed E-state index contributed by atoms with van der Waals surface area (Å²) in [6.45, 7) is 20.0. The average molecular weight is 1990 g/mol. The molecule has 0 saturated heterocycles. The lowest BCUT2D eigenvalue weighted by Crippen LogP contribution is -1.80. The summed E-state index contributed by atoms with van der Waals surface area (Å²) in [4.78, 5) is 0. The van der Waals surface area contributed by atoms with Crippen LogP contribution in [0.5, 0.6) is 0 Å². The topological polar surface area (TPSA) is 0 Å². The Kier molecular flexibility index (Phi) is 46.0. The molecule has 11 rings (SSSR count). The first-order chi connectivity index (χ1) is 46.2. The van der Waals surface area contributed by atoms with Crippen LogP contribution < -0.4 is 0 Å². The summed E-state index contributed by atoms with van der Waals surface area (Å²) in [7, 11) is 0. The molecule has 99 heavy (non-hydrogen) atoms. The highest BCUT2D eigenvalue weighted by atomic mass is 79.9. The average Bonchev–Trinajstić information content (AvgIpc) is 1.07. The van der Waals surface area contributed by atoms with Gasteiger partial charge in [0.05, 0.1) is 18.4 Å². The van der Waals surface area contributed by atoms with E-state index in [1.807, 2.05) is 71.9 Å². The molecule has 0 aromatic heterocycles. The second-order valence-corrected chi connectivity index (χ2v) is 29.5. The maximum absolute atomic E-state index is 12.7. The Hall–Kier alpha value is -4.45. The van der Waals surface area contributed by atoms with Crippen LogP contribution in [0.2, 0.25) is 10.0 Å². The monoisotopic (exact) mass is 1980 g/mol. The van der Waals surface area contributed by atoms with E-state index in [0.717, 1.165) is 65.8 Å². The van der Waals surface area contributed by atoms with Crippen molar-refractivity contribution in [3.8, 4) is 0 Å². The van der Waals surface area contributed by atoms with Crippen LogP contribution in [0.4, 0.5) is 48.3 Å². The van der Waals surface area contributed by atoms with Gasteiger partial charge in [-0.05, 0) is 331 Å². The van der Waals surface area contributed by atoms with Crippen molar-refractivity contribution in [3.05, 3.63) is 376 Å². The van der Waals surface area contributed by atoms with Gasteiger partial charge in [0, 0.05) is 31.9 Å². The van der Waals surface area contributed by atoms with Crippen molar-refractivity contribution < 1.29 is 48.3 Å². The Morgan fingerprint density at radius 3 is 1.16 bits per heavy atom. The molecule has 11 aromatic rings. The van der Waals surface area contributed by atoms with Crippen LogP contribution in [0.1, 0.15) is 61.2 Å². The van der Waals surface area contributed by atoms with Gasteiger partial charge in [-0.25, -0.2) is 48.3 Å². The Balaban J connectivity index is 0.000000544. The third-order valence-electron chi connectivity index (χ3n) is 12.2. The first-order valence-electron chi connectivity index (χ1n) is 28.8. The van der Waals surface area contributed by atoms with Crippen molar-refractivity contribution in [2.24, 2.45) is 0 Å². The highest BCUT2D eigenvalue weighted by molar-refractivity contribution is 9.12. The molecule has 0 aliphatic heterocycles. The van der Waals surface area contributed by atoms with Crippen molar-refractivity contribution in [2.45, 2.75) is 76.2 Å². The van der Waals surface area contributed by atoms with E-state index >= 15 is 0 Å². The lowest BCUT2D eigenvalue weighted by atomic mass is 10.2. The number of benzene rings is 11. The molecule has 0 N–H and O–H groups in total. The van der Waals surface area contributed by atoms with Crippen molar-refractivity contribution >= 4 is 167 Å². The van der Waals surface area contributed by atoms with Crippen LogP contribution in [0.25, 0.3) is 0 Å². The minimum atomic E-state index is -0.359. The van der Waals surface area contributed by atoms with E-state index in [-0.39, 0.29) is 69.0 Å². The lowest BCUT2D eigenvalue weighted by molar-refractivity contribution is 0.612. The van der Waals surface area contributed by atoms with E-state index in [4.69, 9.17) is 23.2 Å². The summed E-state index contributed by atoms with van der Waals surface area (Å²) in [5.74, 6) is -2.27. The summed E-state index contributed by atoms with van der Waals surface area (Å²) in [5.41, 5.74) is 9.40. The number of aryl methyl sites for hydroxylation is 10. The summed E-state index contributed by atoms with van der Waals surface area (Å²) in [5, 5.41) is 0.641. The van der Waals surface area contributed by atoms with E-state index in [1.165, 1.54) is 84.9 Å². The zero-order valence-electron chi connectivity index (χ0n) is 54.9. The molecule has 528 valence electrons. The Bertz CT molecular complexity index is 3600. The summed E-state index contributed by atoms with van der Waals surface area (Å²) in [6.07, 6.45) is 0. The van der Waals surface area contributed by atoms with E-state index in [2.05, 4.69) is 143 Å². The molecular weight excluding hydrogens is 1920 g/mol. The largest absolute Gasteiger partial charge is 0.207 e. The van der Waals surface area contributed by atoms with Gasteiger partial charge in [0.25, 0.3) is 0 Å². The van der Waals surface area contributed by atoms with Gasteiger partial charge in [-0.15, -0.1) is 0 Å². The van der Waals surface area contributed by atoms with Crippen molar-refractivity contribution in [3.63, 3.8) is 0 Å². The molecule has 0 saturated carbocycles. The molecule has 0 bridgehead atoms.